The van der Waals surface area contributed by atoms with E-state index in [2.05, 4.69) is 12.6 Å². The molecule has 7 heteroatoms. The van der Waals surface area contributed by atoms with Crippen LogP contribution in [0.2, 0.25) is 0 Å². The molecular weight excluding hydrogens is 398 g/mol. The molecular formula is C23H27N3O3S. The van der Waals surface area contributed by atoms with Gasteiger partial charge in [-0.25, -0.2) is 8.42 Å². The molecule has 2 aromatic carbocycles. The zero-order valence-electron chi connectivity index (χ0n) is 17.6. The molecule has 0 heterocycles. The Balaban J connectivity index is 2.40. The lowest BCUT2D eigenvalue weighted by Crippen LogP contribution is -2.33. The van der Waals surface area contributed by atoms with Crippen LogP contribution >= 0.6 is 0 Å². The first-order valence-electron chi connectivity index (χ1n) is 9.78. The fourth-order valence-corrected chi connectivity index (χ4v) is 4.64. The summed E-state index contributed by atoms with van der Waals surface area (Å²) in [7, 11) is -3.67. The van der Waals surface area contributed by atoms with Gasteiger partial charge in [0.1, 0.15) is 0 Å². The Morgan fingerprint density at radius 3 is 2.30 bits per heavy atom. The minimum atomic E-state index is -3.67. The van der Waals surface area contributed by atoms with Gasteiger partial charge in [0.2, 0.25) is 10.0 Å². The second-order valence-electron chi connectivity index (χ2n) is 6.85. The van der Waals surface area contributed by atoms with Crippen LogP contribution in [0.1, 0.15) is 40.9 Å². The number of nitriles is 1. The van der Waals surface area contributed by atoms with Crippen molar-refractivity contribution in [2.45, 2.75) is 32.2 Å². The van der Waals surface area contributed by atoms with Crippen LogP contribution in [0, 0.1) is 18.3 Å². The number of sulfonamides is 1. The van der Waals surface area contributed by atoms with Crippen LogP contribution in [0.3, 0.4) is 0 Å². The number of carbonyl (C=O) groups is 1. The maximum atomic E-state index is 13.3. The molecule has 158 valence electrons. The van der Waals surface area contributed by atoms with Crippen molar-refractivity contribution in [2.24, 2.45) is 0 Å². The van der Waals surface area contributed by atoms with E-state index < -0.39 is 10.0 Å². The highest BCUT2D eigenvalue weighted by molar-refractivity contribution is 7.89. The quantitative estimate of drug-likeness (QED) is 0.573. The lowest BCUT2D eigenvalue weighted by molar-refractivity contribution is 0.0761. The number of rotatable bonds is 9. The highest BCUT2D eigenvalue weighted by atomic mass is 32.2. The van der Waals surface area contributed by atoms with E-state index in [9.17, 15) is 13.2 Å². The molecule has 0 aliphatic heterocycles. The lowest BCUT2D eigenvalue weighted by Gasteiger charge is -2.23. The van der Waals surface area contributed by atoms with Gasteiger partial charge >= 0.3 is 0 Å². The summed E-state index contributed by atoms with van der Waals surface area (Å²) in [6, 6.07) is 13.7. The molecule has 0 bridgehead atoms. The van der Waals surface area contributed by atoms with Gasteiger partial charge in [-0.1, -0.05) is 38.1 Å². The van der Waals surface area contributed by atoms with E-state index in [1.165, 1.54) is 16.4 Å². The van der Waals surface area contributed by atoms with Gasteiger partial charge in [0.05, 0.1) is 16.5 Å². The standard InChI is InChI=1S/C23H27N3O3S/c1-5-14-25(17-20-11-9-19(16-24)10-12-20)23(27)22-15-21(13-8-18(22)4)30(28,29)26(6-2)7-3/h5,8-13,15H,1,6-7,14,17H2,2-4H3. The van der Waals surface area contributed by atoms with E-state index in [0.717, 1.165) is 5.56 Å². The zero-order chi connectivity index (χ0) is 22.3. The first kappa shape index (κ1) is 23.3. The van der Waals surface area contributed by atoms with Crippen LogP contribution in [0.4, 0.5) is 0 Å². The fraction of sp³-hybridized carbons (Fsp3) is 0.304. The summed E-state index contributed by atoms with van der Waals surface area (Å²) in [5.41, 5.74) is 2.46. The topological polar surface area (TPSA) is 81.5 Å². The molecule has 0 fully saturated rings. The molecule has 0 N–H and O–H groups in total. The first-order chi connectivity index (χ1) is 14.3. The Bertz CT molecular complexity index is 1050. The highest BCUT2D eigenvalue weighted by Gasteiger charge is 2.25. The summed E-state index contributed by atoms with van der Waals surface area (Å²) in [6.07, 6.45) is 1.63. The van der Waals surface area contributed by atoms with Crippen molar-refractivity contribution in [2.75, 3.05) is 19.6 Å². The Kier molecular flexibility index (Phi) is 7.93. The molecule has 0 unspecified atom stereocenters. The van der Waals surface area contributed by atoms with Crippen molar-refractivity contribution < 1.29 is 13.2 Å². The summed E-state index contributed by atoms with van der Waals surface area (Å²) in [5, 5.41) is 8.95. The van der Waals surface area contributed by atoms with Gasteiger partial charge in [-0.15, -0.1) is 6.58 Å². The number of hydrogen-bond acceptors (Lipinski definition) is 4. The van der Waals surface area contributed by atoms with Gasteiger partial charge in [0, 0.05) is 31.7 Å². The summed E-state index contributed by atoms with van der Waals surface area (Å²) in [4.78, 5) is 15.0. The number of nitrogens with zero attached hydrogens (tertiary/aromatic N) is 3. The molecule has 1 amide bonds. The van der Waals surface area contributed by atoms with Gasteiger partial charge < -0.3 is 4.90 Å². The van der Waals surface area contributed by atoms with Gasteiger partial charge in [-0.3, -0.25) is 4.79 Å². The van der Waals surface area contributed by atoms with Gasteiger partial charge in [-0.2, -0.15) is 9.57 Å². The zero-order valence-corrected chi connectivity index (χ0v) is 18.4. The summed E-state index contributed by atoms with van der Waals surface area (Å²) >= 11 is 0. The van der Waals surface area contributed by atoms with E-state index in [1.807, 2.05) is 0 Å². The van der Waals surface area contributed by atoms with E-state index in [4.69, 9.17) is 5.26 Å². The minimum absolute atomic E-state index is 0.108. The van der Waals surface area contributed by atoms with Crippen molar-refractivity contribution in [3.05, 3.63) is 77.4 Å². The van der Waals surface area contributed by atoms with Gasteiger partial charge in [-0.05, 0) is 42.3 Å². The van der Waals surface area contributed by atoms with Crippen LogP contribution in [0.25, 0.3) is 0 Å². The molecule has 0 aromatic heterocycles. The van der Waals surface area contributed by atoms with Crippen molar-refractivity contribution in [3.63, 3.8) is 0 Å². The second-order valence-corrected chi connectivity index (χ2v) is 8.79. The number of hydrogen-bond donors (Lipinski definition) is 0. The largest absolute Gasteiger partial charge is 0.331 e. The molecule has 30 heavy (non-hydrogen) atoms. The molecule has 2 aromatic rings. The van der Waals surface area contributed by atoms with Crippen LogP contribution in [0.5, 0.6) is 0 Å². The van der Waals surface area contributed by atoms with Crippen LogP contribution in [-0.4, -0.2) is 43.2 Å². The monoisotopic (exact) mass is 425 g/mol. The average molecular weight is 426 g/mol. The molecule has 0 atom stereocenters. The molecule has 0 spiro atoms. The Hall–Kier alpha value is -2.95. The van der Waals surface area contributed by atoms with Crippen molar-refractivity contribution in [1.29, 1.82) is 5.26 Å². The van der Waals surface area contributed by atoms with E-state index in [0.29, 0.717) is 42.9 Å². The maximum absolute atomic E-state index is 13.3. The van der Waals surface area contributed by atoms with Crippen molar-refractivity contribution >= 4 is 15.9 Å². The Labute approximate surface area is 179 Å². The number of carbonyl (C=O) groups excluding carboxylic acids is 1. The van der Waals surface area contributed by atoms with Crippen LogP contribution < -0.4 is 0 Å². The van der Waals surface area contributed by atoms with Gasteiger partial charge in [0.25, 0.3) is 5.91 Å². The Morgan fingerprint density at radius 1 is 1.13 bits per heavy atom. The lowest BCUT2D eigenvalue weighted by atomic mass is 10.1. The van der Waals surface area contributed by atoms with Crippen molar-refractivity contribution in [3.8, 4) is 6.07 Å². The number of benzene rings is 2. The smallest absolute Gasteiger partial charge is 0.254 e. The molecule has 2 rings (SSSR count). The van der Waals surface area contributed by atoms with Crippen LogP contribution in [-0.2, 0) is 16.6 Å². The summed E-state index contributed by atoms with van der Waals surface area (Å²) in [6.45, 7) is 10.4. The highest BCUT2D eigenvalue weighted by Crippen LogP contribution is 2.21. The minimum Gasteiger partial charge on any atom is -0.331 e. The fourth-order valence-electron chi connectivity index (χ4n) is 3.16. The van der Waals surface area contributed by atoms with E-state index in [-0.39, 0.29) is 10.8 Å². The summed E-state index contributed by atoms with van der Waals surface area (Å²) in [5.74, 6) is -0.270. The summed E-state index contributed by atoms with van der Waals surface area (Å²) < 4.78 is 27.1. The molecule has 0 saturated heterocycles. The average Bonchev–Trinajstić information content (AvgIpc) is 2.74. The number of amides is 1. The van der Waals surface area contributed by atoms with E-state index in [1.54, 1.807) is 62.1 Å². The normalized spacial score (nSPS) is 11.2. The third-order valence-electron chi connectivity index (χ3n) is 4.88. The maximum Gasteiger partial charge on any atom is 0.254 e. The molecule has 0 saturated carbocycles. The molecule has 6 nitrogen and oxygen atoms in total. The Morgan fingerprint density at radius 2 is 1.77 bits per heavy atom. The predicted octanol–water partition coefficient (Wildman–Crippen LogP) is 3.73. The third kappa shape index (κ3) is 5.15. The number of aryl methyl sites for hydroxylation is 1. The molecule has 0 radical (unpaired) electrons. The van der Waals surface area contributed by atoms with Gasteiger partial charge in [0.15, 0.2) is 0 Å². The SMILES string of the molecule is C=CCN(Cc1ccc(C#N)cc1)C(=O)c1cc(S(=O)(=O)N(CC)CC)ccc1C. The predicted molar refractivity (Wildman–Crippen MR) is 117 cm³/mol. The van der Waals surface area contributed by atoms with E-state index >= 15 is 0 Å². The first-order valence-corrected chi connectivity index (χ1v) is 11.2. The van der Waals surface area contributed by atoms with Crippen LogP contribution in [0.15, 0.2) is 60.0 Å². The molecule has 0 aliphatic rings. The van der Waals surface area contributed by atoms with Crippen molar-refractivity contribution in [1.82, 2.24) is 9.21 Å². The third-order valence-corrected chi connectivity index (χ3v) is 6.92. The molecule has 0 aliphatic carbocycles. The second kappa shape index (κ2) is 10.2.